The van der Waals surface area contributed by atoms with Crippen molar-refractivity contribution in [1.29, 1.82) is 0 Å². The van der Waals surface area contributed by atoms with Gasteiger partial charge in [0.1, 0.15) is 0 Å². The van der Waals surface area contributed by atoms with Crippen LogP contribution in [0.4, 0.5) is 5.69 Å². The summed E-state index contributed by atoms with van der Waals surface area (Å²) in [4.78, 5) is 11.6. The smallest absolute Gasteiger partial charge is 0.337 e. The number of anilines is 1. The van der Waals surface area contributed by atoms with Crippen LogP contribution in [0.25, 0.3) is 0 Å². The van der Waals surface area contributed by atoms with E-state index in [0.717, 1.165) is 12.1 Å². The predicted molar refractivity (Wildman–Crippen MR) is 111 cm³/mol. The van der Waals surface area contributed by atoms with Crippen molar-refractivity contribution < 1.29 is 9.53 Å². The molecule has 0 saturated heterocycles. The van der Waals surface area contributed by atoms with E-state index in [0.29, 0.717) is 10.7 Å². The fourth-order valence-corrected chi connectivity index (χ4v) is 3.38. The largest absolute Gasteiger partial charge is 0.465 e. The van der Waals surface area contributed by atoms with Crippen molar-refractivity contribution in [3.05, 3.63) is 65.7 Å². The highest BCUT2D eigenvalue weighted by Gasteiger charge is 2.23. The van der Waals surface area contributed by atoms with Crippen LogP contribution < -0.4 is 10.6 Å². The Morgan fingerprint density at radius 1 is 1.15 bits per heavy atom. The van der Waals surface area contributed by atoms with Crippen molar-refractivity contribution in [2.75, 3.05) is 12.4 Å². The lowest BCUT2D eigenvalue weighted by atomic mass is 9.79. The Hall–Kier alpha value is -2.40. The van der Waals surface area contributed by atoms with Crippen LogP contribution in [0.1, 0.15) is 43.1 Å². The maximum Gasteiger partial charge on any atom is 0.337 e. The van der Waals surface area contributed by atoms with Crippen molar-refractivity contribution >= 4 is 29.0 Å². The van der Waals surface area contributed by atoms with Gasteiger partial charge in [-0.2, -0.15) is 0 Å². The molecule has 5 heteroatoms. The van der Waals surface area contributed by atoms with E-state index >= 15 is 0 Å². The second-order valence-electron chi connectivity index (χ2n) is 7.03. The quantitative estimate of drug-likeness (QED) is 0.578. The molecule has 0 fully saturated rings. The molecule has 0 amide bonds. The number of methoxy groups -OCH3 is 1. The number of ether oxygens (including phenoxy) is 1. The molecule has 0 aliphatic heterocycles. The molecule has 2 N–H and O–H groups in total. The molecule has 2 rings (SSSR count). The molecular formula is C21H26N2O2S. The number of hydrogen-bond donors (Lipinski definition) is 2. The first-order valence-corrected chi connectivity index (χ1v) is 9.04. The van der Waals surface area contributed by atoms with Crippen molar-refractivity contribution in [2.45, 2.75) is 38.6 Å². The molecule has 0 spiro atoms. The lowest BCUT2D eigenvalue weighted by molar-refractivity contribution is 0.0601. The number of rotatable bonds is 6. The van der Waals surface area contributed by atoms with E-state index in [1.165, 1.54) is 12.7 Å². The lowest BCUT2D eigenvalue weighted by Crippen LogP contribution is -2.39. The van der Waals surface area contributed by atoms with E-state index in [-0.39, 0.29) is 17.4 Å². The van der Waals surface area contributed by atoms with E-state index in [1.54, 1.807) is 18.2 Å². The molecule has 0 radical (unpaired) electrons. The molecule has 138 valence electrons. The van der Waals surface area contributed by atoms with E-state index < -0.39 is 0 Å². The molecule has 0 saturated carbocycles. The molecule has 0 heterocycles. The molecule has 26 heavy (non-hydrogen) atoms. The molecule has 1 unspecified atom stereocenters. The normalized spacial score (nSPS) is 12.2. The fourth-order valence-electron chi connectivity index (χ4n) is 3.06. The lowest BCUT2D eigenvalue weighted by Gasteiger charge is -2.29. The highest BCUT2D eigenvalue weighted by atomic mass is 32.1. The number of benzene rings is 2. The zero-order valence-electron chi connectivity index (χ0n) is 15.7. The Morgan fingerprint density at radius 2 is 1.85 bits per heavy atom. The van der Waals surface area contributed by atoms with Gasteiger partial charge in [-0.25, -0.2) is 4.79 Å². The third kappa shape index (κ3) is 5.56. The summed E-state index contributed by atoms with van der Waals surface area (Å²) in [6.07, 6.45) is 0.932. The molecule has 1 atom stereocenters. The van der Waals surface area contributed by atoms with Crippen molar-refractivity contribution in [2.24, 2.45) is 0 Å². The summed E-state index contributed by atoms with van der Waals surface area (Å²) >= 11 is 5.42. The van der Waals surface area contributed by atoms with Crippen LogP contribution in [-0.4, -0.2) is 24.2 Å². The number of carbonyl (C=O) groups is 1. The molecule has 2 aromatic carbocycles. The van der Waals surface area contributed by atoms with E-state index in [9.17, 15) is 4.79 Å². The van der Waals surface area contributed by atoms with Gasteiger partial charge in [0, 0.05) is 11.7 Å². The SMILES string of the molecule is COC(=O)c1cccc(NC(=S)NC(C)CC(C)(C)c2ccccc2)c1. The van der Waals surface area contributed by atoms with E-state index in [2.05, 4.69) is 55.7 Å². The summed E-state index contributed by atoms with van der Waals surface area (Å²) in [7, 11) is 1.37. The third-order valence-electron chi connectivity index (χ3n) is 4.29. The van der Waals surface area contributed by atoms with Crippen molar-refractivity contribution in [3.8, 4) is 0 Å². The molecule has 0 aliphatic rings. The highest BCUT2D eigenvalue weighted by Crippen LogP contribution is 2.28. The van der Waals surface area contributed by atoms with Gasteiger partial charge in [-0.1, -0.05) is 50.2 Å². The zero-order chi connectivity index (χ0) is 19.2. The average molecular weight is 371 g/mol. The predicted octanol–water partition coefficient (Wildman–Crippen LogP) is 4.52. The summed E-state index contributed by atoms with van der Waals surface area (Å²) in [5, 5.41) is 6.98. The van der Waals surface area contributed by atoms with Gasteiger partial charge < -0.3 is 15.4 Å². The zero-order valence-corrected chi connectivity index (χ0v) is 16.5. The Kier molecular flexibility index (Phi) is 6.75. The minimum Gasteiger partial charge on any atom is -0.465 e. The van der Waals surface area contributed by atoms with E-state index in [4.69, 9.17) is 17.0 Å². The fraction of sp³-hybridized carbons (Fsp3) is 0.333. The van der Waals surface area contributed by atoms with Crippen LogP contribution in [0.3, 0.4) is 0 Å². The summed E-state index contributed by atoms with van der Waals surface area (Å²) in [6, 6.07) is 17.7. The van der Waals surface area contributed by atoms with Gasteiger partial charge in [-0.05, 0) is 54.7 Å². The number of hydrogen-bond acceptors (Lipinski definition) is 3. The Bertz CT molecular complexity index is 760. The molecular weight excluding hydrogens is 344 g/mol. The number of esters is 1. The average Bonchev–Trinajstić information content (AvgIpc) is 2.61. The van der Waals surface area contributed by atoms with Crippen LogP contribution in [0.5, 0.6) is 0 Å². The second kappa shape index (κ2) is 8.81. The minimum absolute atomic E-state index is 0.0358. The van der Waals surface area contributed by atoms with Gasteiger partial charge in [0.15, 0.2) is 5.11 Å². The maximum atomic E-state index is 11.6. The topological polar surface area (TPSA) is 50.4 Å². The molecule has 0 bridgehead atoms. The highest BCUT2D eigenvalue weighted by molar-refractivity contribution is 7.80. The molecule has 0 aromatic heterocycles. The van der Waals surface area contributed by atoms with Gasteiger partial charge >= 0.3 is 5.97 Å². The summed E-state index contributed by atoms with van der Waals surface area (Å²) < 4.78 is 4.74. The molecule has 0 aliphatic carbocycles. The van der Waals surface area contributed by atoms with Gasteiger partial charge in [0.2, 0.25) is 0 Å². The van der Waals surface area contributed by atoms with Gasteiger partial charge in [0.05, 0.1) is 12.7 Å². The molecule has 4 nitrogen and oxygen atoms in total. The van der Waals surface area contributed by atoms with Crippen LogP contribution in [0.15, 0.2) is 54.6 Å². The Balaban J connectivity index is 1.94. The summed E-state index contributed by atoms with van der Waals surface area (Å²) in [5.41, 5.74) is 2.57. The first-order valence-electron chi connectivity index (χ1n) is 8.63. The van der Waals surface area contributed by atoms with Crippen molar-refractivity contribution in [1.82, 2.24) is 5.32 Å². The maximum absolute atomic E-state index is 11.6. The van der Waals surface area contributed by atoms with Crippen molar-refractivity contribution in [3.63, 3.8) is 0 Å². The number of nitrogens with one attached hydrogen (secondary N) is 2. The van der Waals surface area contributed by atoms with Crippen LogP contribution >= 0.6 is 12.2 Å². The molecule has 2 aromatic rings. The second-order valence-corrected chi connectivity index (χ2v) is 7.43. The first-order chi connectivity index (χ1) is 12.3. The standard InChI is InChI=1S/C21H26N2O2S/c1-15(14-21(2,3)17-10-6-5-7-11-17)22-20(26)23-18-12-8-9-16(13-18)19(24)25-4/h5-13,15H,14H2,1-4H3,(H2,22,23,26). The Morgan fingerprint density at radius 3 is 2.50 bits per heavy atom. The third-order valence-corrected chi connectivity index (χ3v) is 4.51. The monoisotopic (exact) mass is 370 g/mol. The van der Waals surface area contributed by atoms with Gasteiger partial charge in [-0.3, -0.25) is 0 Å². The Labute approximate surface area is 161 Å². The summed E-state index contributed by atoms with van der Waals surface area (Å²) in [6.45, 7) is 6.58. The van der Waals surface area contributed by atoms with E-state index in [1.807, 2.05) is 12.1 Å². The number of thiocarbonyl (C=S) groups is 1. The number of carbonyl (C=O) groups excluding carboxylic acids is 1. The van der Waals surface area contributed by atoms with Gasteiger partial charge in [-0.15, -0.1) is 0 Å². The van der Waals surface area contributed by atoms with Crippen LogP contribution in [-0.2, 0) is 10.2 Å². The van der Waals surface area contributed by atoms with Crippen LogP contribution in [0.2, 0.25) is 0 Å². The van der Waals surface area contributed by atoms with Gasteiger partial charge in [0.25, 0.3) is 0 Å². The first kappa shape index (κ1) is 19.9. The van der Waals surface area contributed by atoms with Crippen LogP contribution in [0, 0.1) is 0 Å². The minimum atomic E-state index is -0.370. The summed E-state index contributed by atoms with van der Waals surface area (Å²) in [5.74, 6) is -0.370.